The number of halogens is 4. The molecule has 0 aliphatic carbocycles. The van der Waals surface area contributed by atoms with E-state index in [-0.39, 0.29) is 36.5 Å². The number of piperidine rings is 1. The van der Waals surface area contributed by atoms with E-state index in [2.05, 4.69) is 15.9 Å². The van der Waals surface area contributed by atoms with Crippen molar-refractivity contribution in [1.82, 2.24) is 4.31 Å². The van der Waals surface area contributed by atoms with E-state index in [0.717, 1.165) is 4.31 Å². The summed E-state index contributed by atoms with van der Waals surface area (Å²) in [6.07, 6.45) is -4.69. The number of hydrogen-bond donors (Lipinski definition) is 1. The third-order valence-corrected chi connectivity index (χ3v) is 6.14. The highest BCUT2D eigenvalue weighted by molar-refractivity contribution is 9.10. The number of nitrogens with two attached hydrogens (primary N) is 1. The Morgan fingerprint density at radius 2 is 1.81 bits per heavy atom. The molecule has 0 aromatic heterocycles. The van der Waals surface area contributed by atoms with Crippen LogP contribution in [-0.2, 0) is 10.0 Å². The first-order valence-corrected chi connectivity index (χ1v) is 8.47. The number of nitrogen functional groups attached to an aromatic ring is 1. The number of alkyl halides is 3. The maximum absolute atomic E-state index is 12.6. The van der Waals surface area contributed by atoms with Gasteiger partial charge in [-0.05, 0) is 47.0 Å². The molecule has 21 heavy (non-hydrogen) atoms. The Labute approximate surface area is 129 Å². The Kier molecular flexibility index (Phi) is 4.55. The highest BCUT2D eigenvalue weighted by Crippen LogP contribution is 2.35. The van der Waals surface area contributed by atoms with Crippen LogP contribution < -0.4 is 5.73 Å². The smallest absolute Gasteiger partial charge is 0.391 e. The Morgan fingerprint density at radius 3 is 2.29 bits per heavy atom. The van der Waals surface area contributed by atoms with Gasteiger partial charge in [0.05, 0.1) is 10.8 Å². The van der Waals surface area contributed by atoms with Crippen LogP contribution in [0.1, 0.15) is 12.8 Å². The molecule has 1 aliphatic rings. The summed E-state index contributed by atoms with van der Waals surface area (Å²) in [5.74, 6) is -1.43. The van der Waals surface area contributed by atoms with E-state index in [1.165, 1.54) is 18.2 Å². The molecule has 0 atom stereocenters. The van der Waals surface area contributed by atoms with Crippen LogP contribution in [-0.4, -0.2) is 32.0 Å². The lowest BCUT2D eigenvalue weighted by Gasteiger charge is -2.32. The summed E-state index contributed by atoms with van der Waals surface area (Å²) in [5, 5.41) is 0. The molecule has 4 nitrogen and oxygen atoms in total. The Balaban J connectivity index is 2.17. The van der Waals surface area contributed by atoms with Crippen LogP contribution in [0.15, 0.2) is 27.6 Å². The second-order valence-corrected chi connectivity index (χ2v) is 7.70. The largest absolute Gasteiger partial charge is 0.398 e. The molecule has 2 N–H and O–H groups in total. The van der Waals surface area contributed by atoms with Crippen molar-refractivity contribution in [3.05, 3.63) is 22.7 Å². The van der Waals surface area contributed by atoms with Crippen molar-refractivity contribution in [3.8, 4) is 0 Å². The van der Waals surface area contributed by atoms with E-state index in [1.54, 1.807) is 0 Å². The first-order chi connectivity index (χ1) is 9.62. The van der Waals surface area contributed by atoms with Gasteiger partial charge in [0.1, 0.15) is 0 Å². The maximum Gasteiger partial charge on any atom is 0.391 e. The Morgan fingerprint density at radius 1 is 1.24 bits per heavy atom. The van der Waals surface area contributed by atoms with Crippen LogP contribution in [0.4, 0.5) is 18.9 Å². The van der Waals surface area contributed by atoms with E-state index in [1.807, 2.05) is 0 Å². The summed E-state index contributed by atoms with van der Waals surface area (Å²) in [6, 6.07) is 4.19. The van der Waals surface area contributed by atoms with Crippen molar-refractivity contribution >= 4 is 31.6 Å². The van der Waals surface area contributed by atoms with Gasteiger partial charge < -0.3 is 5.73 Å². The normalized spacial score (nSPS) is 18.9. The molecule has 2 rings (SSSR count). The zero-order valence-corrected chi connectivity index (χ0v) is 13.3. The molecule has 1 fully saturated rings. The lowest BCUT2D eigenvalue weighted by atomic mass is 9.98. The number of hydrogen-bond acceptors (Lipinski definition) is 3. The van der Waals surface area contributed by atoms with Gasteiger partial charge in [-0.25, -0.2) is 8.42 Å². The maximum atomic E-state index is 12.6. The number of sulfonamides is 1. The predicted octanol–water partition coefficient (Wildman–Crippen LogP) is 2.99. The van der Waals surface area contributed by atoms with Crippen LogP contribution in [0.25, 0.3) is 0 Å². The van der Waals surface area contributed by atoms with E-state index in [9.17, 15) is 21.6 Å². The molecule has 9 heteroatoms. The third-order valence-electron chi connectivity index (χ3n) is 3.52. The Bertz CT molecular complexity index is 626. The summed E-state index contributed by atoms with van der Waals surface area (Å²) < 4.78 is 64.2. The minimum atomic E-state index is -4.27. The molecular weight excluding hydrogens is 373 g/mol. The summed E-state index contributed by atoms with van der Waals surface area (Å²) in [6.45, 7) is -0.273. The van der Waals surface area contributed by atoms with E-state index < -0.39 is 22.1 Å². The minimum absolute atomic E-state index is 0.00587. The van der Waals surface area contributed by atoms with Crippen LogP contribution >= 0.6 is 15.9 Å². The number of anilines is 1. The van der Waals surface area contributed by atoms with Gasteiger partial charge >= 0.3 is 6.18 Å². The quantitative estimate of drug-likeness (QED) is 0.794. The molecule has 118 valence electrons. The van der Waals surface area contributed by atoms with E-state index in [4.69, 9.17) is 5.73 Å². The molecule has 0 bridgehead atoms. The van der Waals surface area contributed by atoms with Gasteiger partial charge in [0.25, 0.3) is 0 Å². The molecule has 0 radical (unpaired) electrons. The second kappa shape index (κ2) is 5.77. The molecule has 1 aromatic carbocycles. The van der Waals surface area contributed by atoms with Crippen molar-refractivity contribution in [2.24, 2.45) is 5.92 Å². The zero-order valence-electron chi connectivity index (χ0n) is 10.9. The van der Waals surface area contributed by atoms with E-state index >= 15 is 0 Å². The molecule has 0 unspecified atom stereocenters. The summed E-state index contributed by atoms with van der Waals surface area (Å²) in [4.78, 5) is -0.00587. The molecule has 0 amide bonds. The van der Waals surface area contributed by atoms with Gasteiger partial charge in [0.15, 0.2) is 0 Å². The monoisotopic (exact) mass is 386 g/mol. The van der Waals surface area contributed by atoms with Gasteiger partial charge in [-0.1, -0.05) is 0 Å². The van der Waals surface area contributed by atoms with Gasteiger partial charge in [0, 0.05) is 23.2 Å². The minimum Gasteiger partial charge on any atom is -0.398 e. The van der Waals surface area contributed by atoms with E-state index in [0.29, 0.717) is 4.47 Å². The van der Waals surface area contributed by atoms with Crippen LogP contribution in [0.3, 0.4) is 0 Å². The predicted molar refractivity (Wildman–Crippen MR) is 76.1 cm³/mol. The lowest BCUT2D eigenvalue weighted by molar-refractivity contribution is -0.182. The van der Waals surface area contributed by atoms with Gasteiger partial charge in [-0.15, -0.1) is 0 Å². The first-order valence-electron chi connectivity index (χ1n) is 6.24. The fourth-order valence-electron chi connectivity index (χ4n) is 2.25. The fourth-order valence-corrected chi connectivity index (χ4v) is 4.01. The van der Waals surface area contributed by atoms with Gasteiger partial charge in [0.2, 0.25) is 10.0 Å². The molecule has 1 heterocycles. The standard InChI is InChI=1S/C12H14BrF3N2O2S/c13-10-2-1-9(7-11(10)17)21(19,20)18-5-3-8(4-6-18)12(14,15)16/h1-2,7-8H,3-6,17H2. The van der Waals surface area contributed by atoms with Crippen molar-refractivity contribution in [3.63, 3.8) is 0 Å². The van der Waals surface area contributed by atoms with Gasteiger partial charge in [-0.3, -0.25) is 0 Å². The molecular formula is C12H14BrF3N2O2S. The van der Waals surface area contributed by atoms with Crippen LogP contribution in [0.2, 0.25) is 0 Å². The summed E-state index contributed by atoms with van der Waals surface area (Å²) in [5.41, 5.74) is 5.91. The fraction of sp³-hybridized carbons (Fsp3) is 0.500. The number of benzene rings is 1. The summed E-state index contributed by atoms with van der Waals surface area (Å²) in [7, 11) is -3.81. The molecule has 1 aromatic rings. The van der Waals surface area contributed by atoms with Crippen molar-refractivity contribution in [2.45, 2.75) is 23.9 Å². The van der Waals surface area contributed by atoms with Crippen molar-refractivity contribution < 1.29 is 21.6 Å². The van der Waals surface area contributed by atoms with Crippen LogP contribution in [0, 0.1) is 5.92 Å². The second-order valence-electron chi connectivity index (χ2n) is 4.90. The lowest BCUT2D eigenvalue weighted by Crippen LogP contribution is -2.42. The molecule has 0 spiro atoms. The van der Waals surface area contributed by atoms with Crippen molar-refractivity contribution in [2.75, 3.05) is 18.8 Å². The first kappa shape index (κ1) is 16.6. The topological polar surface area (TPSA) is 63.4 Å². The van der Waals surface area contributed by atoms with Gasteiger partial charge in [-0.2, -0.15) is 17.5 Å². The molecule has 0 saturated carbocycles. The van der Waals surface area contributed by atoms with Crippen molar-refractivity contribution in [1.29, 1.82) is 0 Å². The zero-order chi connectivity index (χ0) is 15.8. The average Bonchev–Trinajstić information content (AvgIpc) is 2.41. The molecule has 1 aliphatic heterocycles. The Hall–Kier alpha value is -0.800. The average molecular weight is 387 g/mol. The van der Waals surface area contributed by atoms with Crippen LogP contribution in [0.5, 0.6) is 0 Å². The SMILES string of the molecule is Nc1cc(S(=O)(=O)N2CCC(C(F)(F)F)CC2)ccc1Br. The number of nitrogens with zero attached hydrogens (tertiary/aromatic N) is 1. The highest BCUT2D eigenvalue weighted by atomic mass is 79.9. The number of rotatable bonds is 2. The molecule has 1 saturated heterocycles. The summed E-state index contributed by atoms with van der Waals surface area (Å²) >= 11 is 3.16. The third kappa shape index (κ3) is 3.51. The highest BCUT2D eigenvalue weighted by Gasteiger charge is 2.43.